The van der Waals surface area contributed by atoms with Gasteiger partial charge in [0.15, 0.2) is 0 Å². The zero-order chi connectivity index (χ0) is 11.6. The minimum atomic E-state index is -0.898. The maximum Gasteiger partial charge on any atom is 0.307 e. The number of aryl methyl sites for hydroxylation is 1. The van der Waals surface area contributed by atoms with Crippen LogP contribution in [0.5, 0.6) is 0 Å². The average Bonchev–Trinajstić information content (AvgIpc) is 2.11. The summed E-state index contributed by atoms with van der Waals surface area (Å²) < 4.78 is 0. The van der Waals surface area contributed by atoms with Crippen LogP contribution in [0, 0.1) is 13.8 Å². The largest absolute Gasteiger partial charge is 0.481 e. The normalized spacial score (nSPS) is 10.1. The van der Waals surface area contributed by atoms with Crippen molar-refractivity contribution in [3.63, 3.8) is 0 Å². The van der Waals surface area contributed by atoms with Crippen molar-refractivity contribution in [2.45, 2.75) is 20.3 Å². The standard InChI is InChI=1S/C11H12O3S/c1-6-3-4-8(11(14)15)7(2)9(6)5-10(12)13/h3-4H,5H2,1-2H3,(H,12,13)(H,14,15). The molecule has 1 rings (SSSR count). The molecule has 0 saturated carbocycles. The Balaban J connectivity index is 3.29. The van der Waals surface area contributed by atoms with Crippen molar-refractivity contribution in [2.24, 2.45) is 0 Å². The van der Waals surface area contributed by atoms with Crippen LogP contribution >= 0.6 is 12.6 Å². The number of hydrogen-bond acceptors (Lipinski definition) is 2. The number of carboxylic acid groups (broad SMARTS) is 1. The summed E-state index contributed by atoms with van der Waals surface area (Å²) >= 11 is 3.74. The van der Waals surface area contributed by atoms with Gasteiger partial charge in [0.25, 0.3) is 0 Å². The SMILES string of the molecule is Cc1ccc(C(=O)S)c(C)c1CC(=O)O. The molecule has 0 bridgehead atoms. The summed E-state index contributed by atoms with van der Waals surface area (Å²) in [5.41, 5.74) is 2.76. The van der Waals surface area contributed by atoms with Gasteiger partial charge in [-0.1, -0.05) is 6.07 Å². The van der Waals surface area contributed by atoms with Crippen LogP contribution in [-0.4, -0.2) is 16.2 Å². The monoisotopic (exact) mass is 224 g/mol. The molecule has 15 heavy (non-hydrogen) atoms. The number of aliphatic carboxylic acids is 1. The van der Waals surface area contributed by atoms with Crippen LogP contribution in [0.3, 0.4) is 0 Å². The molecule has 0 heterocycles. The first-order chi connectivity index (χ1) is 6.93. The molecule has 0 aromatic heterocycles. The molecular weight excluding hydrogens is 212 g/mol. The van der Waals surface area contributed by atoms with E-state index in [9.17, 15) is 9.59 Å². The quantitative estimate of drug-likeness (QED) is 0.772. The van der Waals surface area contributed by atoms with E-state index in [1.165, 1.54) is 0 Å². The van der Waals surface area contributed by atoms with Gasteiger partial charge >= 0.3 is 5.97 Å². The van der Waals surface area contributed by atoms with E-state index in [1.54, 1.807) is 19.1 Å². The lowest BCUT2D eigenvalue weighted by Crippen LogP contribution is -2.07. The number of benzene rings is 1. The van der Waals surface area contributed by atoms with E-state index in [2.05, 4.69) is 12.6 Å². The molecule has 0 unspecified atom stereocenters. The maximum absolute atomic E-state index is 11.1. The summed E-state index contributed by atoms with van der Waals surface area (Å²) in [5, 5.41) is 8.41. The van der Waals surface area contributed by atoms with Crippen molar-refractivity contribution in [3.05, 3.63) is 34.4 Å². The Bertz CT molecular complexity index is 424. The summed E-state index contributed by atoms with van der Waals surface area (Å²) in [6.07, 6.45) is -0.0629. The highest BCUT2D eigenvalue weighted by molar-refractivity contribution is 7.97. The zero-order valence-electron chi connectivity index (χ0n) is 8.57. The Labute approximate surface area is 93.5 Å². The van der Waals surface area contributed by atoms with Crippen molar-refractivity contribution in [1.29, 1.82) is 0 Å². The van der Waals surface area contributed by atoms with E-state index in [-0.39, 0.29) is 11.5 Å². The second kappa shape index (κ2) is 4.49. The molecule has 1 N–H and O–H groups in total. The average molecular weight is 224 g/mol. The van der Waals surface area contributed by atoms with E-state index in [1.807, 2.05) is 6.92 Å². The van der Waals surface area contributed by atoms with Crippen molar-refractivity contribution >= 4 is 23.7 Å². The van der Waals surface area contributed by atoms with Crippen molar-refractivity contribution < 1.29 is 14.7 Å². The second-order valence-electron chi connectivity index (χ2n) is 3.41. The Hall–Kier alpha value is -1.29. The van der Waals surface area contributed by atoms with Crippen LogP contribution in [0.4, 0.5) is 0 Å². The van der Waals surface area contributed by atoms with Crippen LogP contribution in [0.1, 0.15) is 27.0 Å². The van der Waals surface area contributed by atoms with Crippen molar-refractivity contribution in [1.82, 2.24) is 0 Å². The molecule has 0 atom stereocenters. The molecule has 0 saturated heterocycles. The van der Waals surface area contributed by atoms with Gasteiger partial charge in [0, 0.05) is 5.56 Å². The van der Waals surface area contributed by atoms with Gasteiger partial charge in [0.05, 0.1) is 6.42 Å². The van der Waals surface area contributed by atoms with Crippen LogP contribution in [0.2, 0.25) is 0 Å². The molecule has 0 fully saturated rings. The van der Waals surface area contributed by atoms with Gasteiger partial charge in [0.1, 0.15) is 0 Å². The number of hydrogen-bond donors (Lipinski definition) is 2. The fourth-order valence-electron chi connectivity index (χ4n) is 1.55. The molecule has 1 aromatic rings. The third-order valence-corrected chi connectivity index (χ3v) is 2.63. The number of rotatable bonds is 3. The lowest BCUT2D eigenvalue weighted by molar-refractivity contribution is -0.136. The molecule has 0 amide bonds. The van der Waals surface area contributed by atoms with E-state index in [4.69, 9.17) is 5.11 Å². The minimum absolute atomic E-state index is 0.0629. The van der Waals surface area contributed by atoms with Gasteiger partial charge in [0.2, 0.25) is 5.12 Å². The Morgan fingerprint density at radius 3 is 2.40 bits per heavy atom. The van der Waals surface area contributed by atoms with E-state index < -0.39 is 5.97 Å². The van der Waals surface area contributed by atoms with Crippen LogP contribution in [0.15, 0.2) is 12.1 Å². The molecule has 0 aliphatic carbocycles. The number of carbonyl (C=O) groups excluding carboxylic acids is 1. The summed E-state index contributed by atoms with van der Waals surface area (Å²) in [4.78, 5) is 21.8. The molecule has 80 valence electrons. The first-order valence-electron chi connectivity index (χ1n) is 4.47. The number of carboxylic acids is 1. The summed E-state index contributed by atoms with van der Waals surface area (Å²) in [7, 11) is 0. The molecule has 0 aliphatic rings. The third-order valence-electron chi connectivity index (χ3n) is 2.39. The van der Waals surface area contributed by atoms with Gasteiger partial charge in [-0.05, 0) is 36.6 Å². The lowest BCUT2D eigenvalue weighted by Gasteiger charge is -2.10. The molecule has 0 radical (unpaired) electrons. The van der Waals surface area contributed by atoms with Crippen LogP contribution in [0.25, 0.3) is 0 Å². The first-order valence-corrected chi connectivity index (χ1v) is 4.92. The second-order valence-corrected chi connectivity index (χ2v) is 3.82. The van der Waals surface area contributed by atoms with Gasteiger partial charge in [-0.2, -0.15) is 0 Å². The van der Waals surface area contributed by atoms with E-state index in [0.717, 1.165) is 5.56 Å². The first kappa shape index (κ1) is 11.8. The van der Waals surface area contributed by atoms with Crippen LogP contribution < -0.4 is 0 Å². The molecule has 4 heteroatoms. The fraction of sp³-hybridized carbons (Fsp3) is 0.273. The zero-order valence-corrected chi connectivity index (χ0v) is 9.47. The highest BCUT2D eigenvalue weighted by Crippen LogP contribution is 2.20. The number of carbonyl (C=O) groups is 2. The van der Waals surface area contributed by atoms with E-state index in [0.29, 0.717) is 16.7 Å². The molecule has 0 spiro atoms. The molecule has 1 aromatic carbocycles. The van der Waals surface area contributed by atoms with Crippen LogP contribution in [-0.2, 0) is 11.2 Å². The molecule has 0 aliphatic heterocycles. The summed E-state index contributed by atoms with van der Waals surface area (Å²) in [5.74, 6) is -0.898. The summed E-state index contributed by atoms with van der Waals surface area (Å²) in [6, 6.07) is 3.42. The van der Waals surface area contributed by atoms with Gasteiger partial charge in [-0.3, -0.25) is 9.59 Å². The maximum atomic E-state index is 11.1. The third kappa shape index (κ3) is 2.59. The Morgan fingerprint density at radius 2 is 1.93 bits per heavy atom. The van der Waals surface area contributed by atoms with Crippen molar-refractivity contribution in [2.75, 3.05) is 0 Å². The van der Waals surface area contributed by atoms with Gasteiger partial charge in [-0.25, -0.2) is 0 Å². The van der Waals surface area contributed by atoms with E-state index >= 15 is 0 Å². The highest BCUT2D eigenvalue weighted by Gasteiger charge is 2.13. The smallest absolute Gasteiger partial charge is 0.307 e. The molecule has 3 nitrogen and oxygen atoms in total. The van der Waals surface area contributed by atoms with Gasteiger partial charge in [-0.15, -0.1) is 12.6 Å². The topological polar surface area (TPSA) is 54.4 Å². The molecular formula is C11H12O3S. The Kier molecular flexibility index (Phi) is 3.52. The Morgan fingerprint density at radius 1 is 1.33 bits per heavy atom. The fourth-order valence-corrected chi connectivity index (χ4v) is 1.79. The van der Waals surface area contributed by atoms with Crippen molar-refractivity contribution in [3.8, 4) is 0 Å². The lowest BCUT2D eigenvalue weighted by atomic mass is 9.96. The predicted octanol–water partition coefficient (Wildman–Crippen LogP) is 2.00. The number of thiol groups is 1. The highest BCUT2D eigenvalue weighted by atomic mass is 32.1. The van der Waals surface area contributed by atoms with Gasteiger partial charge < -0.3 is 5.11 Å². The minimum Gasteiger partial charge on any atom is -0.481 e. The summed E-state index contributed by atoms with van der Waals surface area (Å²) in [6.45, 7) is 3.58. The predicted molar refractivity (Wildman–Crippen MR) is 60.6 cm³/mol.